The highest BCUT2D eigenvalue weighted by Gasteiger charge is 2.43. The Labute approximate surface area is 112 Å². The summed E-state index contributed by atoms with van der Waals surface area (Å²) >= 11 is 0. The van der Waals surface area contributed by atoms with Gasteiger partial charge in [-0.25, -0.2) is 4.39 Å². The van der Waals surface area contributed by atoms with E-state index in [0.29, 0.717) is 17.7 Å². The maximum Gasteiger partial charge on any atom is 0.231 e. The van der Waals surface area contributed by atoms with Gasteiger partial charge >= 0.3 is 0 Å². The second kappa shape index (κ2) is 4.86. The second-order valence-electron chi connectivity index (χ2n) is 4.93. The maximum atomic E-state index is 13.8. The third-order valence-electron chi connectivity index (χ3n) is 3.92. The van der Waals surface area contributed by atoms with Crippen molar-refractivity contribution in [3.8, 4) is 0 Å². The van der Waals surface area contributed by atoms with Crippen LogP contribution in [0.4, 0.5) is 10.1 Å². The minimum Gasteiger partial charge on any atom is -0.325 e. The fraction of sp³-hybridized carbons (Fsp3) is 0.462. The van der Waals surface area contributed by atoms with Gasteiger partial charge in [0.25, 0.3) is 0 Å². The van der Waals surface area contributed by atoms with Crippen molar-refractivity contribution in [3.63, 3.8) is 0 Å². The Bertz CT molecular complexity index is 472. The van der Waals surface area contributed by atoms with E-state index in [1.54, 1.807) is 12.1 Å². The molecule has 0 saturated carbocycles. The van der Waals surface area contributed by atoms with Gasteiger partial charge in [0.2, 0.25) is 5.91 Å². The van der Waals surface area contributed by atoms with Gasteiger partial charge in [0.05, 0.1) is 5.41 Å². The lowest BCUT2D eigenvalue weighted by Gasteiger charge is -2.40. The molecule has 0 bridgehead atoms. The third-order valence-corrected chi connectivity index (χ3v) is 3.92. The topological polar surface area (TPSA) is 41.1 Å². The van der Waals surface area contributed by atoms with E-state index >= 15 is 0 Å². The summed E-state index contributed by atoms with van der Waals surface area (Å²) < 4.78 is 13.8. The van der Waals surface area contributed by atoms with Crippen LogP contribution in [0, 0.1) is 11.2 Å². The molecule has 2 heterocycles. The number of hydrogen-bond acceptors (Lipinski definition) is 2. The zero-order chi connectivity index (χ0) is 11.9. The smallest absolute Gasteiger partial charge is 0.231 e. The Balaban J connectivity index is 0.00000120. The molecule has 1 saturated heterocycles. The normalized spacial score (nSPS) is 20.8. The minimum absolute atomic E-state index is 0. The fourth-order valence-electron chi connectivity index (χ4n) is 2.84. The van der Waals surface area contributed by atoms with Crippen LogP contribution in [-0.2, 0) is 11.2 Å². The van der Waals surface area contributed by atoms with Crippen molar-refractivity contribution < 1.29 is 9.18 Å². The summed E-state index contributed by atoms with van der Waals surface area (Å²) in [5, 5.41) is 6.10. The number of benzene rings is 1. The third kappa shape index (κ3) is 1.99. The zero-order valence-electron chi connectivity index (χ0n) is 9.96. The number of carbonyl (C=O) groups excluding carboxylic acids is 1. The van der Waals surface area contributed by atoms with E-state index in [9.17, 15) is 9.18 Å². The van der Waals surface area contributed by atoms with Crippen LogP contribution in [0.2, 0.25) is 0 Å². The molecule has 0 aliphatic carbocycles. The summed E-state index contributed by atoms with van der Waals surface area (Å²) in [5.41, 5.74) is 0.897. The van der Waals surface area contributed by atoms with Gasteiger partial charge in [-0.05, 0) is 44.5 Å². The van der Waals surface area contributed by atoms with Gasteiger partial charge in [-0.3, -0.25) is 4.79 Å². The lowest BCUT2D eigenvalue weighted by molar-refractivity contribution is -0.127. The average Bonchev–Trinajstić information content (AvgIpc) is 2.34. The number of hydrogen-bond donors (Lipinski definition) is 2. The minimum atomic E-state index is -0.402. The molecule has 98 valence electrons. The Kier molecular flexibility index (Phi) is 3.59. The van der Waals surface area contributed by atoms with Crippen LogP contribution in [0.5, 0.6) is 0 Å². The zero-order valence-corrected chi connectivity index (χ0v) is 10.8. The Morgan fingerprint density at radius 1 is 1.22 bits per heavy atom. The largest absolute Gasteiger partial charge is 0.325 e. The van der Waals surface area contributed by atoms with Crippen molar-refractivity contribution in [2.45, 2.75) is 19.3 Å². The molecule has 1 spiro atoms. The van der Waals surface area contributed by atoms with Crippen LogP contribution in [0.1, 0.15) is 18.4 Å². The molecule has 1 aromatic rings. The van der Waals surface area contributed by atoms with Gasteiger partial charge in [-0.2, -0.15) is 0 Å². The summed E-state index contributed by atoms with van der Waals surface area (Å²) in [7, 11) is 0. The molecule has 2 N–H and O–H groups in total. The molecule has 3 nitrogen and oxygen atoms in total. The van der Waals surface area contributed by atoms with Crippen LogP contribution in [0.25, 0.3) is 0 Å². The first-order valence-electron chi connectivity index (χ1n) is 6.01. The average molecular weight is 271 g/mol. The number of rotatable bonds is 0. The van der Waals surface area contributed by atoms with E-state index < -0.39 is 5.41 Å². The monoisotopic (exact) mass is 270 g/mol. The van der Waals surface area contributed by atoms with E-state index in [-0.39, 0.29) is 24.1 Å². The molecule has 1 aromatic carbocycles. The Morgan fingerprint density at radius 3 is 2.67 bits per heavy atom. The van der Waals surface area contributed by atoms with Crippen LogP contribution >= 0.6 is 12.4 Å². The summed E-state index contributed by atoms with van der Waals surface area (Å²) in [6.07, 6.45) is 2.10. The standard InChI is InChI=1S/C13H15FN2O.ClH/c14-10-2-1-3-11-9(10)8-13(12(17)16-11)4-6-15-7-5-13;/h1-3,15H,4-8H2,(H,16,17);1H. The molecule has 1 amide bonds. The number of fused-ring (bicyclic) bond motifs is 1. The molecular weight excluding hydrogens is 255 g/mol. The van der Waals surface area contributed by atoms with Crippen molar-refractivity contribution in [3.05, 3.63) is 29.6 Å². The van der Waals surface area contributed by atoms with Gasteiger partial charge in [-0.1, -0.05) is 6.07 Å². The molecule has 2 aliphatic heterocycles. The first kappa shape index (κ1) is 13.3. The number of halogens is 2. The van der Waals surface area contributed by atoms with E-state index in [1.807, 2.05) is 0 Å². The lowest BCUT2D eigenvalue weighted by atomic mass is 9.71. The van der Waals surface area contributed by atoms with Gasteiger partial charge in [-0.15, -0.1) is 12.4 Å². The Hall–Kier alpha value is -1.13. The second-order valence-corrected chi connectivity index (χ2v) is 4.93. The fourth-order valence-corrected chi connectivity index (χ4v) is 2.84. The molecule has 1 fully saturated rings. The van der Waals surface area contributed by atoms with Crippen molar-refractivity contribution >= 4 is 24.0 Å². The molecule has 3 rings (SSSR count). The van der Waals surface area contributed by atoms with Crippen molar-refractivity contribution in [2.75, 3.05) is 18.4 Å². The predicted octanol–water partition coefficient (Wildman–Crippen LogP) is 2.11. The molecule has 0 atom stereocenters. The number of amides is 1. The van der Waals surface area contributed by atoms with Gasteiger partial charge in [0, 0.05) is 11.3 Å². The highest BCUT2D eigenvalue weighted by Crippen LogP contribution is 2.40. The number of anilines is 1. The summed E-state index contributed by atoms with van der Waals surface area (Å²) in [5.74, 6) is -0.155. The van der Waals surface area contributed by atoms with E-state index in [4.69, 9.17) is 0 Å². The van der Waals surface area contributed by atoms with Crippen molar-refractivity contribution in [1.82, 2.24) is 5.32 Å². The summed E-state index contributed by atoms with van der Waals surface area (Å²) in [4.78, 5) is 12.2. The van der Waals surface area contributed by atoms with Crippen LogP contribution < -0.4 is 10.6 Å². The first-order valence-corrected chi connectivity index (χ1v) is 6.01. The molecule has 18 heavy (non-hydrogen) atoms. The van der Waals surface area contributed by atoms with E-state index in [0.717, 1.165) is 25.9 Å². The SMILES string of the molecule is Cl.O=C1Nc2cccc(F)c2CC12CCNCC2. The predicted molar refractivity (Wildman–Crippen MR) is 70.5 cm³/mol. The van der Waals surface area contributed by atoms with Gasteiger partial charge in [0.1, 0.15) is 5.82 Å². The van der Waals surface area contributed by atoms with Gasteiger partial charge < -0.3 is 10.6 Å². The molecule has 0 radical (unpaired) electrons. The molecule has 5 heteroatoms. The van der Waals surface area contributed by atoms with E-state index in [1.165, 1.54) is 6.07 Å². The van der Waals surface area contributed by atoms with Crippen LogP contribution in [0.3, 0.4) is 0 Å². The summed E-state index contributed by atoms with van der Waals surface area (Å²) in [6.45, 7) is 1.66. The van der Waals surface area contributed by atoms with Crippen LogP contribution in [0.15, 0.2) is 18.2 Å². The number of nitrogens with one attached hydrogen (secondary N) is 2. The molecule has 2 aliphatic rings. The summed E-state index contributed by atoms with van der Waals surface area (Å²) in [6, 6.07) is 4.87. The molecule has 0 aromatic heterocycles. The molecule has 0 unspecified atom stereocenters. The van der Waals surface area contributed by atoms with Crippen molar-refractivity contribution in [2.24, 2.45) is 5.41 Å². The highest BCUT2D eigenvalue weighted by atomic mass is 35.5. The first-order chi connectivity index (χ1) is 8.21. The van der Waals surface area contributed by atoms with Crippen molar-refractivity contribution in [1.29, 1.82) is 0 Å². The van der Waals surface area contributed by atoms with Crippen LogP contribution in [-0.4, -0.2) is 19.0 Å². The lowest BCUT2D eigenvalue weighted by Crippen LogP contribution is -2.48. The number of carbonyl (C=O) groups is 1. The number of piperidine rings is 1. The highest BCUT2D eigenvalue weighted by molar-refractivity contribution is 5.98. The maximum absolute atomic E-state index is 13.8. The Morgan fingerprint density at radius 2 is 1.94 bits per heavy atom. The van der Waals surface area contributed by atoms with E-state index in [2.05, 4.69) is 10.6 Å². The molecular formula is C13H16ClFN2O. The quantitative estimate of drug-likeness (QED) is 0.758. The van der Waals surface area contributed by atoms with Gasteiger partial charge in [0.15, 0.2) is 0 Å².